The maximum atomic E-state index is 12.9. The van der Waals surface area contributed by atoms with Gasteiger partial charge in [0.1, 0.15) is 17.8 Å². The van der Waals surface area contributed by atoms with E-state index >= 15 is 0 Å². The van der Waals surface area contributed by atoms with Crippen LogP contribution in [0.5, 0.6) is 0 Å². The largest absolute Gasteiger partial charge is 0.469 e. The van der Waals surface area contributed by atoms with Crippen LogP contribution >= 0.6 is 0 Å². The lowest BCUT2D eigenvalue weighted by atomic mass is 9.59. The second kappa shape index (κ2) is 8.18. The first-order valence-corrected chi connectivity index (χ1v) is 12.3. The lowest BCUT2D eigenvalue weighted by Crippen LogP contribution is -2.93. The first-order chi connectivity index (χ1) is 14.5. The summed E-state index contributed by atoms with van der Waals surface area (Å²) in [5.41, 5.74) is 1.86. The van der Waals surface area contributed by atoms with Gasteiger partial charge in [0.25, 0.3) is 0 Å². The Labute approximate surface area is 180 Å². The van der Waals surface area contributed by atoms with Crippen LogP contribution in [0.1, 0.15) is 71.0 Å². The summed E-state index contributed by atoms with van der Waals surface area (Å²) in [6, 6.07) is 4.68. The molecule has 30 heavy (non-hydrogen) atoms. The predicted octanol–water partition coefficient (Wildman–Crippen LogP) is 4.26. The highest BCUT2D eigenvalue weighted by Gasteiger charge is 2.52. The molecular formula is C26H38NO3+. The zero-order valence-corrected chi connectivity index (χ0v) is 18.6. The SMILES string of the molecule is C[C@@H]1CCC[C@]2(C)C[C@H]3OC(=O)[C@@H](C[NH2+][C@@H]4CCCC[C@H]4Cc4ccco4)[C@H]3C=C12. The van der Waals surface area contributed by atoms with Crippen molar-refractivity contribution in [3.63, 3.8) is 0 Å². The molecule has 4 aliphatic rings. The van der Waals surface area contributed by atoms with Gasteiger partial charge in [-0.25, -0.2) is 0 Å². The molecule has 3 aliphatic carbocycles. The monoisotopic (exact) mass is 412 g/mol. The van der Waals surface area contributed by atoms with Crippen LogP contribution in [0.3, 0.4) is 0 Å². The lowest BCUT2D eigenvalue weighted by molar-refractivity contribution is -0.702. The van der Waals surface area contributed by atoms with Crippen molar-refractivity contribution in [2.45, 2.75) is 83.8 Å². The van der Waals surface area contributed by atoms with Crippen LogP contribution in [-0.2, 0) is 16.0 Å². The number of carbonyl (C=O) groups excluding carboxylic acids is 1. The van der Waals surface area contributed by atoms with E-state index in [0.29, 0.717) is 17.9 Å². The Bertz CT molecular complexity index is 784. The summed E-state index contributed by atoms with van der Waals surface area (Å²) in [7, 11) is 0. The molecule has 5 rings (SSSR count). The van der Waals surface area contributed by atoms with Gasteiger partial charge in [0.05, 0.1) is 18.8 Å². The number of quaternary nitrogens is 1. The molecule has 164 valence electrons. The summed E-state index contributed by atoms with van der Waals surface area (Å²) in [6.45, 7) is 5.65. The summed E-state index contributed by atoms with van der Waals surface area (Å²) < 4.78 is 11.6. The molecule has 0 radical (unpaired) electrons. The summed E-state index contributed by atoms with van der Waals surface area (Å²) in [4.78, 5) is 12.9. The van der Waals surface area contributed by atoms with Gasteiger partial charge in [-0.05, 0) is 62.0 Å². The Balaban J connectivity index is 1.28. The van der Waals surface area contributed by atoms with E-state index in [4.69, 9.17) is 9.15 Å². The van der Waals surface area contributed by atoms with Crippen LogP contribution < -0.4 is 5.32 Å². The molecule has 0 spiro atoms. The zero-order valence-electron chi connectivity index (χ0n) is 18.6. The van der Waals surface area contributed by atoms with Crippen LogP contribution in [0.25, 0.3) is 0 Å². The Hall–Kier alpha value is -1.55. The fourth-order valence-corrected chi connectivity index (χ4v) is 7.12. The van der Waals surface area contributed by atoms with Crippen LogP contribution in [-0.4, -0.2) is 24.7 Å². The van der Waals surface area contributed by atoms with Gasteiger partial charge in [-0.1, -0.05) is 38.3 Å². The fourth-order valence-electron chi connectivity index (χ4n) is 7.12. The van der Waals surface area contributed by atoms with Crippen molar-refractivity contribution in [1.82, 2.24) is 0 Å². The second-order valence-corrected chi connectivity index (χ2v) is 10.8. The summed E-state index contributed by atoms with van der Waals surface area (Å²) in [6.07, 6.45) is 15.4. The van der Waals surface area contributed by atoms with Gasteiger partial charge in [0.15, 0.2) is 0 Å². The molecule has 4 heteroatoms. The molecule has 0 unspecified atom stereocenters. The van der Waals surface area contributed by atoms with E-state index in [0.717, 1.165) is 25.1 Å². The number of hydrogen-bond donors (Lipinski definition) is 1. The van der Waals surface area contributed by atoms with Gasteiger partial charge in [0, 0.05) is 18.3 Å². The molecule has 2 heterocycles. The van der Waals surface area contributed by atoms with E-state index in [1.54, 1.807) is 11.8 Å². The number of nitrogens with two attached hydrogens (primary N) is 1. The molecule has 1 aromatic rings. The predicted molar refractivity (Wildman–Crippen MR) is 116 cm³/mol. The van der Waals surface area contributed by atoms with Gasteiger partial charge < -0.3 is 14.5 Å². The number of allylic oxidation sites excluding steroid dienone is 1. The highest BCUT2D eigenvalue weighted by molar-refractivity contribution is 5.76. The number of furan rings is 1. The smallest absolute Gasteiger partial charge is 0.315 e. The fraction of sp³-hybridized carbons (Fsp3) is 0.731. The van der Waals surface area contributed by atoms with Crippen molar-refractivity contribution in [3.8, 4) is 0 Å². The maximum absolute atomic E-state index is 12.9. The van der Waals surface area contributed by atoms with E-state index in [9.17, 15) is 4.79 Å². The van der Waals surface area contributed by atoms with Crippen molar-refractivity contribution in [2.24, 2.45) is 29.1 Å². The topological polar surface area (TPSA) is 56.0 Å². The van der Waals surface area contributed by atoms with E-state index < -0.39 is 0 Å². The summed E-state index contributed by atoms with van der Waals surface area (Å²) >= 11 is 0. The second-order valence-electron chi connectivity index (χ2n) is 10.8. The van der Waals surface area contributed by atoms with Crippen molar-refractivity contribution in [3.05, 3.63) is 35.8 Å². The van der Waals surface area contributed by atoms with E-state index in [2.05, 4.69) is 31.3 Å². The number of ether oxygens (including phenoxy) is 1. The summed E-state index contributed by atoms with van der Waals surface area (Å²) in [5, 5.41) is 2.48. The Morgan fingerprint density at radius 1 is 1.20 bits per heavy atom. The Kier molecular flexibility index (Phi) is 5.55. The molecule has 0 amide bonds. The van der Waals surface area contributed by atoms with E-state index in [-0.39, 0.29) is 29.3 Å². The lowest BCUT2D eigenvalue weighted by Gasteiger charge is -2.45. The molecule has 2 saturated carbocycles. The number of hydrogen-bond acceptors (Lipinski definition) is 3. The van der Waals surface area contributed by atoms with E-state index in [1.807, 2.05) is 6.07 Å². The van der Waals surface area contributed by atoms with E-state index in [1.165, 1.54) is 44.9 Å². The number of fused-ring (bicyclic) bond motifs is 2. The average molecular weight is 413 g/mol. The van der Waals surface area contributed by atoms with Gasteiger partial charge >= 0.3 is 5.97 Å². The molecule has 3 fully saturated rings. The third kappa shape index (κ3) is 3.77. The number of rotatable bonds is 5. The Morgan fingerprint density at radius 2 is 2.07 bits per heavy atom. The molecule has 7 atom stereocenters. The highest BCUT2D eigenvalue weighted by Crippen LogP contribution is 2.53. The van der Waals surface area contributed by atoms with Crippen molar-refractivity contribution in [2.75, 3.05) is 6.54 Å². The zero-order chi connectivity index (χ0) is 20.7. The van der Waals surface area contributed by atoms with Gasteiger partial charge in [-0.15, -0.1) is 0 Å². The van der Waals surface area contributed by atoms with Crippen molar-refractivity contribution < 1.29 is 19.3 Å². The minimum Gasteiger partial charge on any atom is -0.469 e. The van der Waals surface area contributed by atoms with Crippen LogP contribution in [0.2, 0.25) is 0 Å². The first kappa shape index (κ1) is 20.4. The molecule has 0 aromatic carbocycles. The number of carbonyl (C=O) groups is 1. The molecule has 1 saturated heterocycles. The van der Waals surface area contributed by atoms with Crippen LogP contribution in [0, 0.1) is 29.1 Å². The van der Waals surface area contributed by atoms with Crippen LogP contribution in [0.4, 0.5) is 0 Å². The molecule has 4 nitrogen and oxygen atoms in total. The summed E-state index contributed by atoms with van der Waals surface area (Å²) in [5.74, 6) is 2.75. The average Bonchev–Trinajstić information content (AvgIpc) is 3.33. The van der Waals surface area contributed by atoms with Crippen LogP contribution in [0.15, 0.2) is 34.5 Å². The van der Waals surface area contributed by atoms with Crippen molar-refractivity contribution in [1.29, 1.82) is 0 Å². The molecular weight excluding hydrogens is 374 g/mol. The van der Waals surface area contributed by atoms with Gasteiger partial charge in [-0.3, -0.25) is 4.79 Å². The maximum Gasteiger partial charge on any atom is 0.315 e. The third-order valence-corrected chi connectivity index (χ3v) is 8.79. The first-order valence-electron chi connectivity index (χ1n) is 12.3. The molecule has 0 bridgehead atoms. The quantitative estimate of drug-likeness (QED) is 0.581. The minimum absolute atomic E-state index is 0.0207. The highest BCUT2D eigenvalue weighted by atomic mass is 16.6. The third-order valence-electron chi connectivity index (χ3n) is 8.79. The molecule has 1 aliphatic heterocycles. The molecule has 2 N–H and O–H groups in total. The Morgan fingerprint density at radius 3 is 2.90 bits per heavy atom. The van der Waals surface area contributed by atoms with Crippen molar-refractivity contribution >= 4 is 5.97 Å². The van der Waals surface area contributed by atoms with Gasteiger partial charge in [0.2, 0.25) is 0 Å². The number of esters is 1. The minimum atomic E-state index is 0.0207. The standard InChI is InChI=1S/C26H37NO3/c1-17-7-5-11-26(2)15-24-20(14-22(17)26)21(25(28)30-24)16-27-23-10-4-3-8-18(23)13-19-9-6-12-29-19/h6,9,12,14,17-18,20-21,23-24,27H,3-5,7-8,10-11,13,15-16H2,1-2H3/p+1/t17-,18+,20-,21+,23-,24-,26-/m1/s1. The normalized spacial score (nSPS) is 41.0. The van der Waals surface area contributed by atoms with Gasteiger partial charge in [-0.2, -0.15) is 0 Å². The molecule has 1 aromatic heterocycles.